The van der Waals surface area contributed by atoms with Gasteiger partial charge in [-0.25, -0.2) is 4.98 Å². The van der Waals surface area contributed by atoms with Crippen LogP contribution in [-0.2, 0) is 0 Å². The second kappa shape index (κ2) is 5.81. The normalized spacial score (nSPS) is 17.5. The van der Waals surface area contributed by atoms with Crippen molar-refractivity contribution in [1.29, 1.82) is 0 Å². The van der Waals surface area contributed by atoms with Gasteiger partial charge >= 0.3 is 0 Å². The van der Waals surface area contributed by atoms with E-state index in [4.69, 9.17) is 4.74 Å². The first-order valence-corrected chi connectivity index (χ1v) is 7.53. The average molecular weight is 311 g/mol. The highest BCUT2D eigenvalue weighted by Gasteiger charge is 2.16. The molecule has 0 unspecified atom stereocenters. The Balaban J connectivity index is 1.68. The number of hydrogen-bond acceptors (Lipinski definition) is 7. The number of rotatable bonds is 4. The molecule has 1 saturated heterocycles. The molecule has 3 aromatic rings. The lowest BCUT2D eigenvalue weighted by Gasteiger charge is -2.10. The van der Waals surface area contributed by atoms with Gasteiger partial charge in [0.2, 0.25) is 5.95 Å². The van der Waals surface area contributed by atoms with Gasteiger partial charge in [-0.3, -0.25) is 0 Å². The monoisotopic (exact) mass is 311 g/mol. The lowest BCUT2D eigenvalue weighted by atomic mass is 10.3. The molecular weight excluding hydrogens is 294 g/mol. The predicted octanol–water partition coefficient (Wildman–Crippen LogP) is 0.993. The molecule has 1 aromatic carbocycles. The van der Waals surface area contributed by atoms with Gasteiger partial charge in [0.1, 0.15) is 5.75 Å². The van der Waals surface area contributed by atoms with Gasteiger partial charge in [-0.05, 0) is 37.2 Å². The highest BCUT2D eigenvalue weighted by atomic mass is 16.5. The van der Waals surface area contributed by atoms with E-state index >= 15 is 0 Å². The van der Waals surface area contributed by atoms with E-state index in [0.717, 1.165) is 30.9 Å². The minimum atomic E-state index is 0.359. The molecule has 2 N–H and O–H groups in total. The summed E-state index contributed by atoms with van der Waals surface area (Å²) in [6, 6.07) is 7.96. The number of anilines is 1. The molecule has 0 amide bonds. The lowest BCUT2D eigenvalue weighted by molar-refractivity contribution is 0.414. The Hall–Kier alpha value is -2.74. The maximum atomic E-state index is 5.18. The van der Waals surface area contributed by atoms with E-state index in [9.17, 15) is 0 Å². The van der Waals surface area contributed by atoms with Crippen LogP contribution in [0.4, 0.5) is 5.95 Å². The Morgan fingerprint density at radius 1 is 1.30 bits per heavy atom. The van der Waals surface area contributed by atoms with Crippen LogP contribution in [0.15, 0.2) is 30.5 Å². The zero-order valence-corrected chi connectivity index (χ0v) is 12.7. The first kappa shape index (κ1) is 13.9. The molecule has 1 aliphatic heterocycles. The molecule has 2 aromatic heterocycles. The largest absolute Gasteiger partial charge is 0.497 e. The summed E-state index contributed by atoms with van der Waals surface area (Å²) in [5.41, 5.74) is 2.22. The number of nitrogens with zero attached hydrogens (tertiary/aromatic N) is 5. The van der Waals surface area contributed by atoms with Crippen LogP contribution in [0.25, 0.3) is 16.9 Å². The summed E-state index contributed by atoms with van der Waals surface area (Å²) in [5.74, 6) is 1.40. The van der Waals surface area contributed by atoms with E-state index in [2.05, 4.69) is 30.9 Å². The zero-order valence-electron chi connectivity index (χ0n) is 12.7. The quantitative estimate of drug-likeness (QED) is 0.742. The van der Waals surface area contributed by atoms with Crippen molar-refractivity contribution in [2.45, 2.75) is 12.5 Å². The molecule has 8 nitrogen and oxygen atoms in total. The molecule has 4 rings (SSSR count). The van der Waals surface area contributed by atoms with Gasteiger partial charge in [0, 0.05) is 12.6 Å². The molecule has 8 heteroatoms. The molecule has 0 radical (unpaired) electrons. The van der Waals surface area contributed by atoms with Crippen LogP contribution in [0, 0.1) is 0 Å². The summed E-state index contributed by atoms with van der Waals surface area (Å²) in [6.07, 6.45) is 2.76. The maximum Gasteiger partial charge on any atom is 0.225 e. The lowest BCUT2D eigenvalue weighted by Crippen LogP contribution is -2.23. The summed E-state index contributed by atoms with van der Waals surface area (Å²) < 4.78 is 6.88. The highest BCUT2D eigenvalue weighted by Crippen LogP contribution is 2.18. The van der Waals surface area contributed by atoms with Crippen LogP contribution in [0.1, 0.15) is 6.42 Å². The van der Waals surface area contributed by atoms with Crippen molar-refractivity contribution in [2.75, 3.05) is 25.5 Å². The van der Waals surface area contributed by atoms with Crippen LogP contribution in [0.5, 0.6) is 5.75 Å². The zero-order chi connectivity index (χ0) is 15.6. The second-order valence-corrected chi connectivity index (χ2v) is 5.44. The Kier molecular flexibility index (Phi) is 3.51. The summed E-state index contributed by atoms with van der Waals surface area (Å²) in [4.78, 5) is 8.89. The highest BCUT2D eigenvalue weighted by molar-refractivity contribution is 5.72. The van der Waals surface area contributed by atoms with Crippen LogP contribution in [0.3, 0.4) is 0 Å². The number of benzene rings is 1. The molecule has 0 aliphatic carbocycles. The minimum absolute atomic E-state index is 0.359. The molecule has 118 valence electrons. The number of hydrogen-bond donors (Lipinski definition) is 2. The van der Waals surface area contributed by atoms with Crippen LogP contribution >= 0.6 is 0 Å². The smallest absolute Gasteiger partial charge is 0.225 e. The molecule has 1 aliphatic rings. The average Bonchev–Trinajstić information content (AvgIpc) is 3.24. The van der Waals surface area contributed by atoms with Gasteiger partial charge < -0.3 is 15.4 Å². The van der Waals surface area contributed by atoms with Crippen molar-refractivity contribution >= 4 is 17.1 Å². The summed E-state index contributed by atoms with van der Waals surface area (Å²) in [7, 11) is 1.64. The topological polar surface area (TPSA) is 89.8 Å². The fraction of sp³-hybridized carbons (Fsp3) is 0.333. The SMILES string of the molecule is COc1ccc(-n2nnc3cnc(N[C@@H]4CCNC4)nc32)cc1. The predicted molar refractivity (Wildman–Crippen MR) is 85.9 cm³/mol. The van der Waals surface area contributed by atoms with Gasteiger partial charge in [0.25, 0.3) is 0 Å². The van der Waals surface area contributed by atoms with E-state index in [-0.39, 0.29) is 0 Å². The van der Waals surface area contributed by atoms with E-state index in [1.165, 1.54) is 0 Å². The first-order valence-electron chi connectivity index (χ1n) is 7.53. The Morgan fingerprint density at radius 2 is 2.17 bits per heavy atom. The number of methoxy groups -OCH3 is 1. The van der Waals surface area contributed by atoms with Crippen LogP contribution in [0.2, 0.25) is 0 Å². The van der Waals surface area contributed by atoms with Crippen molar-refractivity contribution < 1.29 is 4.74 Å². The molecule has 1 atom stereocenters. The fourth-order valence-electron chi connectivity index (χ4n) is 2.66. The summed E-state index contributed by atoms with van der Waals surface area (Å²) in [6.45, 7) is 1.95. The summed E-state index contributed by atoms with van der Waals surface area (Å²) >= 11 is 0. The van der Waals surface area contributed by atoms with Crippen molar-refractivity contribution in [1.82, 2.24) is 30.3 Å². The van der Waals surface area contributed by atoms with E-state index in [1.807, 2.05) is 24.3 Å². The number of aromatic nitrogens is 5. The van der Waals surface area contributed by atoms with Gasteiger partial charge in [-0.1, -0.05) is 5.21 Å². The Labute approximate surface area is 132 Å². The third-order valence-electron chi connectivity index (χ3n) is 3.90. The van der Waals surface area contributed by atoms with Gasteiger partial charge in [-0.15, -0.1) is 5.10 Å². The van der Waals surface area contributed by atoms with E-state index in [1.54, 1.807) is 18.0 Å². The molecule has 23 heavy (non-hydrogen) atoms. The van der Waals surface area contributed by atoms with Gasteiger partial charge in [-0.2, -0.15) is 9.67 Å². The standard InChI is InChI=1S/C15H17N7O/c1-23-12-4-2-11(3-5-12)22-14-13(20-21-22)9-17-15(19-14)18-10-6-7-16-8-10/h2-5,9-10,16H,6-8H2,1H3,(H,17,18,19)/t10-/m1/s1. The Morgan fingerprint density at radius 3 is 2.91 bits per heavy atom. The van der Waals surface area contributed by atoms with E-state index in [0.29, 0.717) is 23.2 Å². The molecular formula is C15H17N7O. The summed E-state index contributed by atoms with van der Waals surface area (Å²) in [5, 5.41) is 15.0. The minimum Gasteiger partial charge on any atom is -0.497 e. The van der Waals surface area contributed by atoms with E-state index < -0.39 is 0 Å². The Bertz CT molecular complexity index is 808. The van der Waals surface area contributed by atoms with Crippen molar-refractivity contribution in [3.63, 3.8) is 0 Å². The maximum absolute atomic E-state index is 5.18. The molecule has 0 spiro atoms. The van der Waals surface area contributed by atoms with Crippen LogP contribution < -0.4 is 15.4 Å². The number of nitrogens with one attached hydrogen (secondary N) is 2. The van der Waals surface area contributed by atoms with Crippen molar-refractivity contribution in [2.24, 2.45) is 0 Å². The third-order valence-corrected chi connectivity index (χ3v) is 3.90. The molecule has 0 bridgehead atoms. The second-order valence-electron chi connectivity index (χ2n) is 5.44. The molecule has 0 saturated carbocycles. The third kappa shape index (κ3) is 2.68. The first-order chi connectivity index (χ1) is 11.3. The molecule has 1 fully saturated rings. The number of ether oxygens (including phenoxy) is 1. The van der Waals surface area contributed by atoms with Gasteiger partial charge in [0.05, 0.1) is 19.0 Å². The fourth-order valence-corrected chi connectivity index (χ4v) is 2.66. The van der Waals surface area contributed by atoms with Crippen molar-refractivity contribution in [3.05, 3.63) is 30.5 Å². The van der Waals surface area contributed by atoms with Crippen molar-refractivity contribution in [3.8, 4) is 11.4 Å². The van der Waals surface area contributed by atoms with Gasteiger partial charge in [0.15, 0.2) is 11.2 Å². The molecule has 3 heterocycles. The number of fused-ring (bicyclic) bond motifs is 1. The van der Waals surface area contributed by atoms with Crippen LogP contribution in [-0.4, -0.2) is 51.2 Å².